The van der Waals surface area contributed by atoms with E-state index in [0.717, 1.165) is 74.5 Å². The maximum absolute atomic E-state index is 12.8. The largest absolute Gasteiger partial charge is 0.507 e. The van der Waals surface area contributed by atoms with Gasteiger partial charge in [0.05, 0.1) is 12.2 Å². The van der Waals surface area contributed by atoms with Crippen molar-refractivity contribution in [3.63, 3.8) is 0 Å². The van der Waals surface area contributed by atoms with Gasteiger partial charge >= 0.3 is 5.97 Å². The number of rotatable bonds is 15. The second-order valence-electron chi connectivity index (χ2n) is 7.85. The van der Waals surface area contributed by atoms with Gasteiger partial charge in [-0.05, 0) is 61.3 Å². The normalized spacial score (nSPS) is 11.0. The molecular weight excluding hydrogens is 348 g/mol. The minimum Gasteiger partial charge on any atom is -0.507 e. The number of phenols is 1. The Balaban J connectivity index is 3.17. The van der Waals surface area contributed by atoms with Crippen LogP contribution in [0.4, 0.5) is 0 Å². The first kappa shape index (κ1) is 24.5. The van der Waals surface area contributed by atoms with Crippen LogP contribution >= 0.6 is 0 Å². The molecule has 0 saturated heterocycles. The van der Waals surface area contributed by atoms with E-state index in [1.807, 2.05) is 13.0 Å². The smallest absolute Gasteiger partial charge is 0.338 e. The Labute approximate surface area is 172 Å². The second-order valence-corrected chi connectivity index (χ2v) is 7.85. The van der Waals surface area contributed by atoms with Crippen molar-refractivity contribution in [1.29, 1.82) is 0 Å². The minimum atomic E-state index is -0.219. The fourth-order valence-corrected chi connectivity index (χ4v) is 3.68. The molecule has 0 aliphatic carbocycles. The van der Waals surface area contributed by atoms with Gasteiger partial charge in [-0.25, -0.2) is 4.79 Å². The van der Waals surface area contributed by atoms with Gasteiger partial charge < -0.3 is 9.84 Å². The molecule has 1 aromatic rings. The molecule has 0 aliphatic heterocycles. The van der Waals surface area contributed by atoms with E-state index in [-0.39, 0.29) is 5.97 Å². The molecule has 3 nitrogen and oxygen atoms in total. The van der Waals surface area contributed by atoms with Gasteiger partial charge in [-0.15, -0.1) is 0 Å². The molecule has 0 unspecified atom stereocenters. The van der Waals surface area contributed by atoms with Crippen LogP contribution in [0.3, 0.4) is 0 Å². The molecule has 1 aromatic carbocycles. The average molecular weight is 391 g/mol. The van der Waals surface area contributed by atoms with E-state index in [4.69, 9.17) is 4.74 Å². The molecule has 0 radical (unpaired) electrons. The topological polar surface area (TPSA) is 46.5 Å². The lowest BCUT2D eigenvalue weighted by Crippen LogP contribution is -2.13. The van der Waals surface area contributed by atoms with Gasteiger partial charge in [-0.1, -0.05) is 72.6 Å². The van der Waals surface area contributed by atoms with Crippen molar-refractivity contribution in [2.24, 2.45) is 0 Å². The Hall–Kier alpha value is -1.51. The van der Waals surface area contributed by atoms with Crippen LogP contribution < -0.4 is 0 Å². The maximum atomic E-state index is 12.8. The van der Waals surface area contributed by atoms with Crippen LogP contribution in [0.25, 0.3) is 0 Å². The highest BCUT2D eigenvalue weighted by atomic mass is 16.5. The number of benzene rings is 1. The van der Waals surface area contributed by atoms with Crippen LogP contribution in [-0.4, -0.2) is 17.7 Å². The highest BCUT2D eigenvalue weighted by molar-refractivity contribution is 5.92. The van der Waals surface area contributed by atoms with Crippen molar-refractivity contribution in [3.8, 4) is 5.75 Å². The minimum absolute atomic E-state index is 0.219. The summed E-state index contributed by atoms with van der Waals surface area (Å²) in [5.41, 5.74) is 3.58. The predicted octanol–water partition coefficient (Wildman–Crippen LogP) is 7.16. The number of phenolic OH excluding ortho intramolecular Hbond substituents is 1. The highest BCUT2D eigenvalue weighted by Gasteiger charge is 2.21. The number of esters is 1. The molecule has 0 fully saturated rings. The lowest BCUT2D eigenvalue weighted by molar-refractivity contribution is 0.0498. The molecule has 1 N–H and O–H groups in total. The number of aromatic hydroxyl groups is 1. The van der Waals surface area contributed by atoms with E-state index in [0.29, 0.717) is 17.9 Å². The van der Waals surface area contributed by atoms with Crippen molar-refractivity contribution in [1.82, 2.24) is 0 Å². The SMILES string of the molecule is CCCCCCc1c(C(=O)OCCCC)cc(CC)c(O)c1CCCCCC. The summed E-state index contributed by atoms with van der Waals surface area (Å²) in [6, 6.07) is 1.88. The van der Waals surface area contributed by atoms with Crippen LogP contribution in [0, 0.1) is 0 Å². The van der Waals surface area contributed by atoms with E-state index in [2.05, 4.69) is 20.8 Å². The number of hydrogen-bond donors (Lipinski definition) is 1. The lowest BCUT2D eigenvalue weighted by atomic mass is 9.88. The van der Waals surface area contributed by atoms with Crippen molar-refractivity contribution in [2.45, 2.75) is 111 Å². The van der Waals surface area contributed by atoms with Gasteiger partial charge in [0.15, 0.2) is 0 Å². The molecule has 160 valence electrons. The molecule has 28 heavy (non-hydrogen) atoms. The number of ether oxygens (including phenoxy) is 1. The van der Waals surface area contributed by atoms with Crippen molar-refractivity contribution in [2.75, 3.05) is 6.61 Å². The number of carbonyl (C=O) groups excluding carboxylic acids is 1. The summed E-state index contributed by atoms with van der Waals surface area (Å²) in [5.74, 6) is 0.193. The summed E-state index contributed by atoms with van der Waals surface area (Å²) in [6.45, 7) is 9.01. The highest BCUT2D eigenvalue weighted by Crippen LogP contribution is 2.33. The van der Waals surface area contributed by atoms with Gasteiger partial charge in [0.1, 0.15) is 5.75 Å². The average Bonchev–Trinajstić information content (AvgIpc) is 2.70. The van der Waals surface area contributed by atoms with Gasteiger partial charge in [-0.2, -0.15) is 0 Å². The van der Waals surface area contributed by atoms with Crippen LogP contribution in [-0.2, 0) is 24.0 Å². The predicted molar refractivity (Wildman–Crippen MR) is 118 cm³/mol. The molecule has 0 amide bonds. The Morgan fingerprint density at radius 2 is 1.39 bits per heavy atom. The third kappa shape index (κ3) is 7.85. The van der Waals surface area contributed by atoms with Gasteiger partial charge in [0.2, 0.25) is 0 Å². The van der Waals surface area contributed by atoms with Gasteiger partial charge in [-0.3, -0.25) is 0 Å². The van der Waals surface area contributed by atoms with Crippen molar-refractivity contribution in [3.05, 3.63) is 28.3 Å². The Kier molecular flexibility index (Phi) is 12.7. The molecule has 1 rings (SSSR count). The number of carbonyl (C=O) groups is 1. The van der Waals surface area contributed by atoms with E-state index >= 15 is 0 Å². The van der Waals surface area contributed by atoms with E-state index in [1.165, 1.54) is 25.7 Å². The Bertz CT molecular complexity index is 578. The zero-order valence-corrected chi connectivity index (χ0v) is 18.7. The van der Waals surface area contributed by atoms with Gasteiger partial charge in [0.25, 0.3) is 0 Å². The Morgan fingerprint density at radius 3 is 1.93 bits per heavy atom. The molecule has 0 aliphatic rings. The second kappa shape index (κ2) is 14.5. The van der Waals surface area contributed by atoms with Gasteiger partial charge in [0, 0.05) is 0 Å². The fourth-order valence-electron chi connectivity index (χ4n) is 3.68. The lowest BCUT2D eigenvalue weighted by Gasteiger charge is -2.19. The number of unbranched alkanes of at least 4 members (excludes halogenated alkanes) is 7. The first-order chi connectivity index (χ1) is 13.6. The van der Waals surface area contributed by atoms with Crippen LogP contribution in [0.2, 0.25) is 0 Å². The first-order valence-corrected chi connectivity index (χ1v) is 11.6. The summed E-state index contributed by atoms with van der Waals surface area (Å²) in [4.78, 5) is 12.8. The van der Waals surface area contributed by atoms with Crippen LogP contribution in [0.5, 0.6) is 5.75 Å². The summed E-state index contributed by atoms with van der Waals surface area (Å²) < 4.78 is 5.55. The molecule has 0 bridgehead atoms. The number of aryl methyl sites for hydroxylation is 1. The third-order valence-corrected chi connectivity index (χ3v) is 5.49. The fraction of sp³-hybridized carbons (Fsp3) is 0.720. The summed E-state index contributed by atoms with van der Waals surface area (Å²) in [7, 11) is 0. The first-order valence-electron chi connectivity index (χ1n) is 11.6. The van der Waals surface area contributed by atoms with Crippen LogP contribution in [0.15, 0.2) is 6.07 Å². The monoisotopic (exact) mass is 390 g/mol. The van der Waals surface area contributed by atoms with E-state index < -0.39 is 0 Å². The maximum Gasteiger partial charge on any atom is 0.338 e. The molecule has 0 heterocycles. The summed E-state index contributed by atoms with van der Waals surface area (Å²) >= 11 is 0. The zero-order valence-electron chi connectivity index (χ0n) is 18.7. The molecular formula is C25H42O3. The molecule has 0 spiro atoms. The van der Waals surface area contributed by atoms with Crippen molar-refractivity contribution >= 4 is 5.97 Å². The van der Waals surface area contributed by atoms with Crippen molar-refractivity contribution < 1.29 is 14.6 Å². The quantitative estimate of drug-likeness (QED) is 0.255. The molecule has 0 atom stereocenters. The molecule has 0 saturated carbocycles. The molecule has 3 heteroatoms. The third-order valence-electron chi connectivity index (χ3n) is 5.49. The summed E-state index contributed by atoms with van der Waals surface area (Å²) in [5, 5.41) is 10.9. The summed E-state index contributed by atoms with van der Waals surface area (Å²) in [6.07, 6.45) is 13.6. The zero-order chi connectivity index (χ0) is 20.8. The molecule has 0 aromatic heterocycles. The van der Waals surface area contributed by atoms with E-state index in [9.17, 15) is 9.90 Å². The number of hydrogen-bond acceptors (Lipinski definition) is 3. The van der Waals surface area contributed by atoms with Crippen LogP contribution in [0.1, 0.15) is 119 Å². The standard InChI is InChI=1S/C25H42O3/c1-5-9-12-14-16-21-22(17-15-13-10-6-2)24(26)20(8-4)19-23(21)25(27)28-18-11-7-3/h19,26H,5-18H2,1-4H3. The Morgan fingerprint density at radius 1 is 0.821 bits per heavy atom. The van der Waals surface area contributed by atoms with E-state index in [1.54, 1.807) is 0 Å².